The van der Waals surface area contributed by atoms with E-state index in [1.807, 2.05) is 30.3 Å². The van der Waals surface area contributed by atoms with Gasteiger partial charge in [0, 0.05) is 22.4 Å². The third kappa shape index (κ3) is 3.04. The Morgan fingerprint density at radius 3 is 2.86 bits per heavy atom. The second-order valence-corrected chi connectivity index (χ2v) is 5.94. The first-order chi connectivity index (χ1) is 10.7. The van der Waals surface area contributed by atoms with E-state index < -0.39 is 0 Å². The van der Waals surface area contributed by atoms with E-state index in [1.54, 1.807) is 12.3 Å². The summed E-state index contributed by atoms with van der Waals surface area (Å²) < 4.78 is 2.39. The number of nitrogens with one attached hydrogen (secondary N) is 1. The van der Waals surface area contributed by atoms with Crippen molar-refractivity contribution in [2.45, 2.75) is 19.9 Å². The lowest BCUT2D eigenvalue weighted by Gasteiger charge is -2.11. The number of hydrogen-bond donors (Lipinski definition) is 1. The predicted molar refractivity (Wildman–Crippen MR) is 92.3 cm³/mol. The molecule has 0 amide bonds. The second-order valence-electron chi connectivity index (χ2n) is 5.03. The molecule has 0 aliphatic heterocycles. The van der Waals surface area contributed by atoms with Crippen LogP contribution in [-0.4, -0.2) is 9.38 Å². The molecule has 2 aromatic heterocycles. The van der Waals surface area contributed by atoms with Crippen molar-refractivity contribution >= 4 is 27.3 Å². The average Bonchev–Trinajstić information content (AvgIpc) is 2.54. The highest BCUT2D eigenvalue weighted by Crippen LogP contribution is 2.16. The molecule has 0 aliphatic carbocycles. The summed E-state index contributed by atoms with van der Waals surface area (Å²) in [6.45, 7) is 2.65. The van der Waals surface area contributed by atoms with E-state index in [9.17, 15) is 4.79 Å². The summed E-state index contributed by atoms with van der Waals surface area (Å²) in [4.78, 5) is 16.7. The number of para-hydroxylation sites is 1. The van der Waals surface area contributed by atoms with Crippen LogP contribution in [0.15, 0.2) is 57.9 Å². The van der Waals surface area contributed by atoms with Gasteiger partial charge in [0.05, 0.1) is 12.2 Å². The van der Waals surface area contributed by atoms with Crippen molar-refractivity contribution in [3.63, 3.8) is 0 Å². The van der Waals surface area contributed by atoms with Gasteiger partial charge in [-0.25, -0.2) is 4.98 Å². The number of pyridine rings is 1. The first kappa shape index (κ1) is 14.8. The van der Waals surface area contributed by atoms with Crippen molar-refractivity contribution in [1.29, 1.82) is 0 Å². The third-order valence-corrected chi connectivity index (χ3v) is 4.00. The van der Waals surface area contributed by atoms with Crippen LogP contribution in [0.3, 0.4) is 0 Å². The molecule has 0 fully saturated rings. The molecule has 0 radical (unpaired) electrons. The summed E-state index contributed by atoms with van der Waals surface area (Å²) >= 11 is 3.36. The summed E-state index contributed by atoms with van der Waals surface area (Å²) in [5.74, 6) is 0. The standard InChI is InChI=1S/C17H16BrN3O/c1-2-12-5-3-4-6-15(12)19-10-14-9-17(22)21-11-13(18)7-8-16(21)20-14/h3-9,11,19H,2,10H2,1H3. The second kappa shape index (κ2) is 6.32. The number of aryl methyl sites for hydroxylation is 1. The molecular formula is C17H16BrN3O. The molecule has 0 atom stereocenters. The smallest absolute Gasteiger partial charge is 0.258 e. The Labute approximate surface area is 137 Å². The zero-order valence-corrected chi connectivity index (χ0v) is 13.8. The zero-order chi connectivity index (χ0) is 15.5. The number of halogens is 1. The number of aromatic nitrogens is 2. The van der Waals surface area contributed by atoms with Crippen LogP contribution >= 0.6 is 15.9 Å². The number of rotatable bonds is 4. The fraction of sp³-hybridized carbons (Fsp3) is 0.176. The van der Waals surface area contributed by atoms with Crippen molar-refractivity contribution < 1.29 is 0 Å². The van der Waals surface area contributed by atoms with E-state index >= 15 is 0 Å². The molecule has 0 saturated carbocycles. The molecule has 1 N–H and O–H groups in total. The van der Waals surface area contributed by atoms with Crippen molar-refractivity contribution in [3.8, 4) is 0 Å². The van der Waals surface area contributed by atoms with Gasteiger partial charge in [0.15, 0.2) is 0 Å². The normalized spacial score (nSPS) is 10.8. The van der Waals surface area contributed by atoms with E-state index in [2.05, 4.69) is 39.2 Å². The SMILES string of the molecule is CCc1ccccc1NCc1cc(=O)n2cc(Br)ccc2n1. The van der Waals surface area contributed by atoms with Crippen LogP contribution in [0.25, 0.3) is 5.65 Å². The Balaban J connectivity index is 1.88. The van der Waals surface area contributed by atoms with Crippen LogP contribution < -0.4 is 10.9 Å². The van der Waals surface area contributed by atoms with Gasteiger partial charge in [-0.05, 0) is 46.1 Å². The highest BCUT2D eigenvalue weighted by atomic mass is 79.9. The Morgan fingerprint density at radius 1 is 1.23 bits per heavy atom. The Bertz CT molecular complexity index is 873. The van der Waals surface area contributed by atoms with Crippen LogP contribution in [0.1, 0.15) is 18.2 Å². The maximum absolute atomic E-state index is 12.2. The van der Waals surface area contributed by atoms with Gasteiger partial charge in [-0.2, -0.15) is 0 Å². The van der Waals surface area contributed by atoms with Crippen LogP contribution in [0.2, 0.25) is 0 Å². The van der Waals surface area contributed by atoms with Gasteiger partial charge < -0.3 is 5.32 Å². The Morgan fingerprint density at radius 2 is 2.05 bits per heavy atom. The van der Waals surface area contributed by atoms with Gasteiger partial charge in [0.25, 0.3) is 5.56 Å². The van der Waals surface area contributed by atoms with Crippen molar-refractivity contribution in [3.05, 3.63) is 74.7 Å². The van der Waals surface area contributed by atoms with Gasteiger partial charge in [-0.1, -0.05) is 25.1 Å². The lowest BCUT2D eigenvalue weighted by molar-refractivity contribution is 0.965. The van der Waals surface area contributed by atoms with Crippen LogP contribution in [0, 0.1) is 0 Å². The van der Waals surface area contributed by atoms with Gasteiger partial charge in [0.2, 0.25) is 0 Å². The zero-order valence-electron chi connectivity index (χ0n) is 12.2. The Kier molecular flexibility index (Phi) is 4.24. The van der Waals surface area contributed by atoms with Gasteiger partial charge in [-0.15, -0.1) is 0 Å². The fourth-order valence-electron chi connectivity index (χ4n) is 2.40. The van der Waals surface area contributed by atoms with Gasteiger partial charge in [0.1, 0.15) is 5.65 Å². The monoisotopic (exact) mass is 357 g/mol. The van der Waals surface area contributed by atoms with E-state index in [4.69, 9.17) is 0 Å². The first-order valence-corrected chi connectivity index (χ1v) is 7.96. The molecule has 4 nitrogen and oxygen atoms in total. The van der Waals surface area contributed by atoms with Gasteiger partial charge in [-0.3, -0.25) is 9.20 Å². The minimum Gasteiger partial charge on any atom is -0.379 e. The highest BCUT2D eigenvalue weighted by Gasteiger charge is 2.04. The molecule has 3 aromatic rings. The molecule has 5 heteroatoms. The average molecular weight is 358 g/mol. The lowest BCUT2D eigenvalue weighted by Crippen LogP contribution is -2.17. The molecule has 1 aromatic carbocycles. The summed E-state index contributed by atoms with van der Waals surface area (Å²) in [5, 5.41) is 3.36. The summed E-state index contributed by atoms with van der Waals surface area (Å²) in [6.07, 6.45) is 2.69. The van der Waals surface area contributed by atoms with Crippen LogP contribution in [-0.2, 0) is 13.0 Å². The number of fused-ring (bicyclic) bond motifs is 1. The van der Waals surface area contributed by atoms with Crippen LogP contribution in [0.4, 0.5) is 5.69 Å². The molecule has 0 bridgehead atoms. The molecular weight excluding hydrogens is 342 g/mol. The molecule has 0 spiro atoms. The lowest BCUT2D eigenvalue weighted by atomic mass is 10.1. The quantitative estimate of drug-likeness (QED) is 0.775. The molecule has 0 unspecified atom stereocenters. The molecule has 0 saturated heterocycles. The molecule has 3 rings (SSSR count). The minimum atomic E-state index is -0.0770. The van der Waals surface area contributed by atoms with Crippen molar-refractivity contribution in [1.82, 2.24) is 9.38 Å². The number of nitrogens with zero attached hydrogens (tertiary/aromatic N) is 2. The molecule has 2 heterocycles. The van der Waals surface area contributed by atoms with E-state index in [1.165, 1.54) is 9.96 Å². The number of anilines is 1. The van der Waals surface area contributed by atoms with Crippen molar-refractivity contribution in [2.24, 2.45) is 0 Å². The maximum atomic E-state index is 12.2. The number of benzene rings is 1. The first-order valence-electron chi connectivity index (χ1n) is 7.17. The van der Waals surface area contributed by atoms with E-state index in [-0.39, 0.29) is 5.56 Å². The van der Waals surface area contributed by atoms with E-state index in [0.29, 0.717) is 12.2 Å². The minimum absolute atomic E-state index is 0.0770. The summed E-state index contributed by atoms with van der Waals surface area (Å²) in [7, 11) is 0. The topological polar surface area (TPSA) is 46.4 Å². The van der Waals surface area contributed by atoms with E-state index in [0.717, 1.165) is 22.3 Å². The molecule has 22 heavy (non-hydrogen) atoms. The Hall–Kier alpha value is -2.14. The fourth-order valence-corrected chi connectivity index (χ4v) is 2.74. The largest absolute Gasteiger partial charge is 0.379 e. The predicted octanol–water partition coefficient (Wildman–Crippen LogP) is 3.63. The third-order valence-electron chi connectivity index (χ3n) is 3.53. The van der Waals surface area contributed by atoms with Gasteiger partial charge >= 0.3 is 0 Å². The summed E-state index contributed by atoms with van der Waals surface area (Å²) in [6, 6.07) is 13.5. The maximum Gasteiger partial charge on any atom is 0.258 e. The van der Waals surface area contributed by atoms with Crippen molar-refractivity contribution in [2.75, 3.05) is 5.32 Å². The summed E-state index contributed by atoms with van der Waals surface area (Å²) in [5.41, 5.74) is 3.65. The highest BCUT2D eigenvalue weighted by molar-refractivity contribution is 9.10. The number of hydrogen-bond acceptors (Lipinski definition) is 3. The van der Waals surface area contributed by atoms with Crippen LogP contribution in [0.5, 0.6) is 0 Å². The molecule has 0 aliphatic rings. The molecule has 112 valence electrons.